The van der Waals surface area contributed by atoms with E-state index in [9.17, 15) is 14.7 Å². The molecule has 3 aromatic rings. The standard InChI is InChI=1S/C17H17N3O4/c1-10-6-12(20-24-10)8-16(21)19-15(17(22)23)7-11-9-18-14-5-3-2-4-13(11)14/h2-6,9,15,18H,7-8H2,1H3,(H,19,21)(H,22,23)/t15-/m0/s1. The topological polar surface area (TPSA) is 108 Å². The summed E-state index contributed by atoms with van der Waals surface area (Å²) in [6.07, 6.45) is 1.95. The molecule has 0 unspecified atom stereocenters. The predicted octanol–water partition coefficient (Wildman–Crippen LogP) is 1.82. The van der Waals surface area contributed by atoms with Gasteiger partial charge in [0, 0.05) is 29.6 Å². The van der Waals surface area contributed by atoms with Crippen molar-refractivity contribution in [2.45, 2.75) is 25.8 Å². The van der Waals surface area contributed by atoms with Crippen molar-refractivity contribution in [3.05, 3.63) is 53.5 Å². The van der Waals surface area contributed by atoms with Gasteiger partial charge in [-0.15, -0.1) is 0 Å². The summed E-state index contributed by atoms with van der Waals surface area (Å²) in [5.41, 5.74) is 2.25. The lowest BCUT2D eigenvalue weighted by atomic mass is 10.0. The number of amides is 1. The summed E-state index contributed by atoms with van der Waals surface area (Å²) in [5.74, 6) is -0.883. The summed E-state index contributed by atoms with van der Waals surface area (Å²) in [6.45, 7) is 1.73. The Hall–Kier alpha value is -3.09. The van der Waals surface area contributed by atoms with Crippen molar-refractivity contribution in [3.8, 4) is 0 Å². The number of hydrogen-bond donors (Lipinski definition) is 3. The van der Waals surface area contributed by atoms with Crippen LogP contribution in [0.5, 0.6) is 0 Å². The molecule has 0 aliphatic rings. The number of aryl methyl sites for hydroxylation is 1. The number of nitrogens with zero attached hydrogens (tertiary/aromatic N) is 1. The number of aliphatic carboxylic acids is 1. The van der Waals surface area contributed by atoms with Crippen molar-refractivity contribution < 1.29 is 19.2 Å². The first kappa shape index (κ1) is 15.8. The summed E-state index contributed by atoms with van der Waals surface area (Å²) in [7, 11) is 0. The van der Waals surface area contributed by atoms with Gasteiger partial charge in [0.05, 0.1) is 12.1 Å². The Kier molecular flexibility index (Phi) is 4.33. The molecule has 0 saturated heterocycles. The van der Waals surface area contributed by atoms with Gasteiger partial charge in [0.2, 0.25) is 5.91 Å². The Bertz CT molecular complexity index is 881. The summed E-state index contributed by atoms with van der Waals surface area (Å²) >= 11 is 0. The van der Waals surface area contributed by atoms with Crippen LogP contribution in [0.15, 0.2) is 41.1 Å². The van der Waals surface area contributed by atoms with Gasteiger partial charge < -0.3 is 19.9 Å². The van der Waals surface area contributed by atoms with Crippen LogP contribution in [0.4, 0.5) is 0 Å². The second kappa shape index (κ2) is 6.57. The molecule has 0 fully saturated rings. The third kappa shape index (κ3) is 3.45. The molecule has 24 heavy (non-hydrogen) atoms. The Morgan fingerprint density at radius 1 is 1.38 bits per heavy atom. The highest BCUT2D eigenvalue weighted by atomic mass is 16.5. The van der Waals surface area contributed by atoms with Gasteiger partial charge in [-0.2, -0.15) is 0 Å². The molecule has 7 nitrogen and oxygen atoms in total. The van der Waals surface area contributed by atoms with Gasteiger partial charge in [-0.1, -0.05) is 23.4 Å². The van der Waals surface area contributed by atoms with E-state index in [-0.39, 0.29) is 12.8 Å². The number of hydrogen-bond acceptors (Lipinski definition) is 4. The number of benzene rings is 1. The number of carbonyl (C=O) groups is 2. The maximum absolute atomic E-state index is 12.1. The maximum atomic E-state index is 12.1. The summed E-state index contributed by atoms with van der Waals surface area (Å²) in [4.78, 5) is 26.7. The number of H-pyrrole nitrogens is 1. The second-order valence-electron chi connectivity index (χ2n) is 5.63. The fourth-order valence-electron chi connectivity index (χ4n) is 2.63. The second-order valence-corrected chi connectivity index (χ2v) is 5.63. The van der Waals surface area contributed by atoms with Crippen molar-refractivity contribution >= 4 is 22.8 Å². The first-order valence-corrected chi connectivity index (χ1v) is 7.52. The minimum absolute atomic E-state index is 0.0188. The molecule has 0 radical (unpaired) electrons. The number of aromatic amines is 1. The molecule has 0 saturated carbocycles. The average Bonchev–Trinajstić information content (AvgIpc) is 3.13. The van der Waals surface area contributed by atoms with E-state index in [0.29, 0.717) is 11.5 Å². The fourth-order valence-corrected chi connectivity index (χ4v) is 2.63. The Balaban J connectivity index is 1.70. The average molecular weight is 327 g/mol. The number of rotatable bonds is 6. The summed E-state index contributed by atoms with van der Waals surface area (Å²) in [5, 5.41) is 16.6. The molecule has 0 aliphatic heterocycles. The number of carbonyl (C=O) groups excluding carboxylic acids is 1. The first-order chi connectivity index (χ1) is 11.5. The maximum Gasteiger partial charge on any atom is 0.326 e. The van der Waals surface area contributed by atoms with Crippen LogP contribution in [0.25, 0.3) is 10.9 Å². The minimum atomic E-state index is -1.08. The Morgan fingerprint density at radius 3 is 2.88 bits per heavy atom. The number of fused-ring (bicyclic) bond motifs is 1. The number of nitrogens with one attached hydrogen (secondary N) is 2. The van der Waals surface area contributed by atoms with Crippen LogP contribution in [0.2, 0.25) is 0 Å². The van der Waals surface area contributed by atoms with Gasteiger partial charge in [0.25, 0.3) is 0 Å². The summed E-state index contributed by atoms with van der Waals surface area (Å²) < 4.78 is 4.90. The van der Waals surface area contributed by atoms with Crippen LogP contribution in [0.1, 0.15) is 17.0 Å². The zero-order valence-electron chi connectivity index (χ0n) is 13.1. The number of aromatic nitrogens is 2. The van der Waals surface area contributed by atoms with Crippen LogP contribution < -0.4 is 5.32 Å². The van der Waals surface area contributed by atoms with E-state index in [4.69, 9.17) is 4.52 Å². The molecule has 3 rings (SSSR count). The lowest BCUT2D eigenvalue weighted by molar-refractivity contribution is -0.141. The van der Waals surface area contributed by atoms with E-state index in [0.717, 1.165) is 16.5 Å². The number of para-hydroxylation sites is 1. The SMILES string of the molecule is Cc1cc(CC(=O)N[C@@H](Cc2c[nH]c3ccccc23)C(=O)O)no1. The number of carboxylic acids is 1. The van der Waals surface area contributed by atoms with Crippen molar-refractivity contribution in [1.29, 1.82) is 0 Å². The van der Waals surface area contributed by atoms with Crippen molar-refractivity contribution in [2.75, 3.05) is 0 Å². The van der Waals surface area contributed by atoms with Crippen molar-refractivity contribution in [3.63, 3.8) is 0 Å². The molecular weight excluding hydrogens is 310 g/mol. The van der Waals surface area contributed by atoms with Crippen LogP contribution in [0.3, 0.4) is 0 Å². The van der Waals surface area contributed by atoms with Gasteiger partial charge in [0.1, 0.15) is 11.8 Å². The molecule has 1 aromatic carbocycles. The third-order valence-corrected chi connectivity index (χ3v) is 3.75. The molecule has 0 aliphatic carbocycles. The summed E-state index contributed by atoms with van der Waals surface area (Å²) in [6, 6.07) is 8.26. The third-order valence-electron chi connectivity index (χ3n) is 3.75. The normalized spacial score (nSPS) is 12.2. The molecule has 0 spiro atoms. The zero-order valence-corrected chi connectivity index (χ0v) is 13.1. The molecule has 3 N–H and O–H groups in total. The quantitative estimate of drug-likeness (QED) is 0.640. The predicted molar refractivity (Wildman–Crippen MR) is 86.5 cm³/mol. The Labute approximate surface area is 137 Å². The van der Waals surface area contributed by atoms with Gasteiger partial charge in [-0.25, -0.2) is 4.79 Å². The molecule has 1 amide bonds. The number of carboxylic acid groups (broad SMARTS) is 1. The Morgan fingerprint density at radius 2 is 2.17 bits per heavy atom. The highest BCUT2D eigenvalue weighted by Gasteiger charge is 2.22. The van der Waals surface area contributed by atoms with Crippen LogP contribution >= 0.6 is 0 Å². The fraction of sp³-hybridized carbons (Fsp3) is 0.235. The van der Waals surface area contributed by atoms with E-state index in [1.807, 2.05) is 24.3 Å². The molecule has 7 heteroatoms. The smallest absolute Gasteiger partial charge is 0.326 e. The molecule has 2 aromatic heterocycles. The van der Waals surface area contributed by atoms with E-state index in [1.54, 1.807) is 19.2 Å². The van der Waals surface area contributed by atoms with E-state index in [1.165, 1.54) is 0 Å². The molecule has 1 atom stereocenters. The monoisotopic (exact) mass is 327 g/mol. The zero-order chi connectivity index (χ0) is 17.1. The van der Waals surface area contributed by atoms with E-state index < -0.39 is 17.9 Å². The van der Waals surface area contributed by atoms with Crippen molar-refractivity contribution in [1.82, 2.24) is 15.5 Å². The van der Waals surface area contributed by atoms with Crippen LogP contribution in [-0.4, -0.2) is 33.2 Å². The van der Waals surface area contributed by atoms with Crippen molar-refractivity contribution in [2.24, 2.45) is 0 Å². The molecular formula is C17H17N3O4. The lowest BCUT2D eigenvalue weighted by Gasteiger charge is -2.13. The van der Waals surface area contributed by atoms with Gasteiger partial charge >= 0.3 is 5.97 Å². The van der Waals surface area contributed by atoms with E-state index >= 15 is 0 Å². The molecule has 2 heterocycles. The first-order valence-electron chi connectivity index (χ1n) is 7.52. The molecule has 124 valence electrons. The highest BCUT2D eigenvalue weighted by Crippen LogP contribution is 2.19. The van der Waals surface area contributed by atoms with Gasteiger partial charge in [0.15, 0.2) is 0 Å². The van der Waals surface area contributed by atoms with E-state index in [2.05, 4.69) is 15.5 Å². The van der Waals surface area contributed by atoms with Crippen LogP contribution in [0, 0.1) is 6.92 Å². The van der Waals surface area contributed by atoms with Crippen LogP contribution in [-0.2, 0) is 22.4 Å². The largest absolute Gasteiger partial charge is 0.480 e. The van der Waals surface area contributed by atoms with Gasteiger partial charge in [-0.05, 0) is 18.6 Å². The highest BCUT2D eigenvalue weighted by molar-refractivity contribution is 5.87. The van der Waals surface area contributed by atoms with Gasteiger partial charge in [-0.3, -0.25) is 4.79 Å². The lowest BCUT2D eigenvalue weighted by Crippen LogP contribution is -2.43. The minimum Gasteiger partial charge on any atom is -0.480 e. The molecule has 0 bridgehead atoms.